The van der Waals surface area contributed by atoms with E-state index in [9.17, 15) is 14.4 Å². The Morgan fingerprint density at radius 1 is 1.16 bits per heavy atom. The Hall–Kier alpha value is -2.74. The van der Waals surface area contributed by atoms with Crippen molar-refractivity contribution in [3.05, 3.63) is 35.2 Å². The van der Waals surface area contributed by atoms with Crippen LogP contribution < -0.4 is 10.6 Å². The van der Waals surface area contributed by atoms with Gasteiger partial charge in [0.1, 0.15) is 0 Å². The highest BCUT2D eigenvalue weighted by molar-refractivity contribution is 7.14. The number of aromatic nitrogens is 1. The van der Waals surface area contributed by atoms with Gasteiger partial charge >= 0.3 is 5.97 Å². The molecule has 0 aliphatic carbocycles. The standard InChI is InChI=1S/C17H19N3O4S/c1-11(21)18-9-12-3-5-13(6-4-12)14-10-25-17(19-14)20-15(22)7-8-16(23)24-2/h3-6,10H,7-9H2,1-2H3,(H,18,21)(H,19,20,22). The molecule has 0 atom stereocenters. The molecule has 0 bridgehead atoms. The molecule has 7 nitrogen and oxygen atoms in total. The van der Waals surface area contributed by atoms with Gasteiger partial charge in [-0.25, -0.2) is 4.98 Å². The van der Waals surface area contributed by atoms with Gasteiger partial charge in [0.15, 0.2) is 5.13 Å². The Morgan fingerprint density at radius 3 is 2.52 bits per heavy atom. The summed E-state index contributed by atoms with van der Waals surface area (Å²) in [4.78, 5) is 38.1. The highest BCUT2D eigenvalue weighted by Gasteiger charge is 2.10. The predicted octanol–water partition coefficient (Wildman–Crippen LogP) is 2.34. The van der Waals surface area contributed by atoms with Gasteiger partial charge in [0.25, 0.3) is 0 Å². The average Bonchev–Trinajstić information content (AvgIpc) is 3.06. The number of ether oxygens (including phenoxy) is 1. The van der Waals surface area contributed by atoms with E-state index in [1.165, 1.54) is 25.4 Å². The van der Waals surface area contributed by atoms with Crippen LogP contribution in [0.5, 0.6) is 0 Å². The summed E-state index contributed by atoms with van der Waals surface area (Å²) in [6.07, 6.45) is 0.0930. The summed E-state index contributed by atoms with van der Waals surface area (Å²) in [6.45, 7) is 1.96. The van der Waals surface area contributed by atoms with Crippen LogP contribution in [0.1, 0.15) is 25.3 Å². The quantitative estimate of drug-likeness (QED) is 0.738. The van der Waals surface area contributed by atoms with Crippen LogP contribution in [-0.4, -0.2) is 29.9 Å². The highest BCUT2D eigenvalue weighted by Crippen LogP contribution is 2.25. The van der Waals surface area contributed by atoms with Crippen LogP contribution in [0.25, 0.3) is 11.3 Å². The van der Waals surface area contributed by atoms with E-state index in [0.29, 0.717) is 11.7 Å². The lowest BCUT2D eigenvalue weighted by Gasteiger charge is -2.03. The number of carbonyl (C=O) groups is 3. The summed E-state index contributed by atoms with van der Waals surface area (Å²) in [5.74, 6) is -0.776. The van der Waals surface area contributed by atoms with Gasteiger partial charge in [0, 0.05) is 30.8 Å². The average molecular weight is 361 g/mol. The molecule has 1 heterocycles. The molecule has 2 N–H and O–H groups in total. The Bertz CT molecular complexity index is 756. The Kier molecular flexibility index (Phi) is 6.64. The molecule has 0 saturated heterocycles. The van der Waals surface area contributed by atoms with Crippen LogP contribution in [0.2, 0.25) is 0 Å². The first-order valence-corrected chi connectivity index (χ1v) is 8.52. The third-order valence-corrected chi connectivity index (χ3v) is 4.08. The van der Waals surface area contributed by atoms with Crippen molar-refractivity contribution < 1.29 is 19.1 Å². The monoisotopic (exact) mass is 361 g/mol. The van der Waals surface area contributed by atoms with Gasteiger partial charge in [-0.3, -0.25) is 14.4 Å². The fraction of sp³-hybridized carbons (Fsp3) is 0.294. The predicted molar refractivity (Wildman–Crippen MR) is 95.0 cm³/mol. The molecule has 25 heavy (non-hydrogen) atoms. The van der Waals surface area contributed by atoms with Gasteiger partial charge in [-0.15, -0.1) is 11.3 Å². The first-order chi connectivity index (χ1) is 12.0. The summed E-state index contributed by atoms with van der Waals surface area (Å²) in [5.41, 5.74) is 2.66. The van der Waals surface area contributed by atoms with Gasteiger partial charge < -0.3 is 15.4 Å². The molecule has 0 spiro atoms. The molecular formula is C17H19N3O4S. The van der Waals surface area contributed by atoms with Gasteiger partial charge in [-0.2, -0.15) is 0 Å². The lowest BCUT2D eigenvalue weighted by molar-refractivity contribution is -0.141. The van der Waals surface area contributed by atoms with Crippen LogP contribution in [0.4, 0.5) is 5.13 Å². The number of amides is 2. The summed E-state index contributed by atoms with van der Waals surface area (Å²) in [7, 11) is 1.29. The largest absolute Gasteiger partial charge is 0.469 e. The molecule has 1 aromatic heterocycles. The maximum absolute atomic E-state index is 11.8. The number of anilines is 1. The number of methoxy groups -OCH3 is 1. The van der Waals surface area contributed by atoms with E-state index in [1.54, 1.807) is 0 Å². The van der Waals surface area contributed by atoms with Crippen molar-refractivity contribution in [2.75, 3.05) is 12.4 Å². The van der Waals surface area contributed by atoms with E-state index in [1.807, 2.05) is 29.6 Å². The van der Waals surface area contributed by atoms with Crippen molar-refractivity contribution >= 4 is 34.3 Å². The van der Waals surface area contributed by atoms with E-state index in [2.05, 4.69) is 20.4 Å². The maximum atomic E-state index is 11.8. The lowest BCUT2D eigenvalue weighted by atomic mass is 10.1. The van der Waals surface area contributed by atoms with Gasteiger partial charge in [-0.1, -0.05) is 24.3 Å². The van der Waals surface area contributed by atoms with Gasteiger partial charge in [-0.05, 0) is 5.56 Å². The van der Waals surface area contributed by atoms with E-state index in [0.717, 1.165) is 16.8 Å². The minimum absolute atomic E-state index is 0.0380. The molecule has 0 saturated carbocycles. The highest BCUT2D eigenvalue weighted by atomic mass is 32.1. The molecule has 0 aliphatic rings. The molecule has 2 rings (SSSR count). The number of hydrogen-bond acceptors (Lipinski definition) is 6. The summed E-state index contributed by atoms with van der Waals surface area (Å²) in [5, 5.41) is 7.73. The molecule has 132 valence electrons. The first kappa shape index (κ1) is 18.6. The molecule has 0 unspecified atom stereocenters. The molecule has 1 aromatic carbocycles. The molecule has 0 aliphatic heterocycles. The van der Waals surface area contributed by atoms with E-state index in [4.69, 9.17) is 0 Å². The van der Waals surface area contributed by atoms with Crippen LogP contribution in [0.3, 0.4) is 0 Å². The third kappa shape index (κ3) is 6.00. The van der Waals surface area contributed by atoms with Crippen molar-refractivity contribution in [2.24, 2.45) is 0 Å². The molecule has 2 aromatic rings. The molecule has 0 radical (unpaired) electrons. The zero-order valence-corrected chi connectivity index (χ0v) is 14.8. The molecule has 0 fully saturated rings. The van der Waals surface area contributed by atoms with Crippen molar-refractivity contribution in [3.8, 4) is 11.3 Å². The topological polar surface area (TPSA) is 97.4 Å². The van der Waals surface area contributed by atoms with E-state index < -0.39 is 5.97 Å². The van der Waals surface area contributed by atoms with E-state index in [-0.39, 0.29) is 24.7 Å². The van der Waals surface area contributed by atoms with Crippen LogP contribution in [0, 0.1) is 0 Å². The number of nitrogens with zero attached hydrogens (tertiary/aromatic N) is 1. The van der Waals surface area contributed by atoms with Crippen molar-refractivity contribution in [1.29, 1.82) is 0 Å². The second kappa shape index (κ2) is 8.93. The van der Waals surface area contributed by atoms with Crippen LogP contribution >= 0.6 is 11.3 Å². The van der Waals surface area contributed by atoms with Crippen molar-refractivity contribution in [1.82, 2.24) is 10.3 Å². The molecular weight excluding hydrogens is 342 g/mol. The Balaban J connectivity index is 1.93. The normalized spacial score (nSPS) is 10.2. The second-order valence-corrected chi connectivity index (χ2v) is 6.13. The summed E-state index contributed by atoms with van der Waals surface area (Å²) >= 11 is 1.31. The maximum Gasteiger partial charge on any atom is 0.306 e. The Labute approximate surface area is 149 Å². The smallest absolute Gasteiger partial charge is 0.306 e. The van der Waals surface area contributed by atoms with E-state index >= 15 is 0 Å². The number of benzene rings is 1. The molecule has 2 amide bonds. The van der Waals surface area contributed by atoms with Crippen LogP contribution in [-0.2, 0) is 25.7 Å². The van der Waals surface area contributed by atoms with Gasteiger partial charge in [0.2, 0.25) is 11.8 Å². The minimum Gasteiger partial charge on any atom is -0.469 e. The fourth-order valence-corrected chi connectivity index (χ4v) is 2.72. The first-order valence-electron chi connectivity index (χ1n) is 7.64. The van der Waals surface area contributed by atoms with Crippen LogP contribution in [0.15, 0.2) is 29.6 Å². The van der Waals surface area contributed by atoms with Crippen molar-refractivity contribution in [2.45, 2.75) is 26.3 Å². The van der Waals surface area contributed by atoms with Gasteiger partial charge in [0.05, 0.1) is 19.2 Å². The minimum atomic E-state index is -0.422. The fourth-order valence-electron chi connectivity index (χ4n) is 1.98. The Morgan fingerprint density at radius 2 is 1.88 bits per heavy atom. The zero-order chi connectivity index (χ0) is 18.2. The number of thiazole rings is 1. The lowest BCUT2D eigenvalue weighted by Crippen LogP contribution is -2.18. The number of carbonyl (C=O) groups excluding carboxylic acids is 3. The number of nitrogens with one attached hydrogen (secondary N) is 2. The summed E-state index contributed by atoms with van der Waals surface area (Å²) in [6, 6.07) is 7.66. The number of rotatable bonds is 7. The number of hydrogen-bond donors (Lipinski definition) is 2. The SMILES string of the molecule is COC(=O)CCC(=O)Nc1nc(-c2ccc(CNC(C)=O)cc2)cs1. The zero-order valence-electron chi connectivity index (χ0n) is 14.0. The third-order valence-electron chi connectivity index (χ3n) is 3.33. The second-order valence-electron chi connectivity index (χ2n) is 5.27. The number of esters is 1. The van der Waals surface area contributed by atoms with Crippen molar-refractivity contribution in [3.63, 3.8) is 0 Å². The summed E-state index contributed by atoms with van der Waals surface area (Å²) < 4.78 is 4.50. The molecule has 8 heteroatoms.